The highest BCUT2D eigenvalue weighted by molar-refractivity contribution is 14.0. The minimum atomic E-state index is 0. The van der Waals surface area contributed by atoms with E-state index in [9.17, 15) is 4.79 Å². The number of guanidine groups is 1. The van der Waals surface area contributed by atoms with Crippen molar-refractivity contribution in [1.29, 1.82) is 0 Å². The molecule has 29 heavy (non-hydrogen) atoms. The van der Waals surface area contributed by atoms with E-state index in [1.807, 2.05) is 48.6 Å². The monoisotopic (exact) mass is 505 g/mol. The topological polar surface area (TPSA) is 78.7 Å². The summed E-state index contributed by atoms with van der Waals surface area (Å²) >= 11 is 0. The lowest BCUT2D eigenvalue weighted by Gasteiger charge is -2.35. The minimum absolute atomic E-state index is 0. The van der Waals surface area contributed by atoms with Gasteiger partial charge in [0.15, 0.2) is 5.96 Å². The Morgan fingerprint density at radius 2 is 2.07 bits per heavy atom. The van der Waals surface area contributed by atoms with Crippen LogP contribution in [0.25, 0.3) is 10.9 Å². The number of piperazine rings is 1. The molecule has 1 N–H and O–H groups in total. The molecule has 3 heterocycles. The smallest absolute Gasteiger partial charge is 0.246 e. The van der Waals surface area contributed by atoms with Gasteiger partial charge in [0.25, 0.3) is 0 Å². The van der Waals surface area contributed by atoms with Gasteiger partial charge >= 0.3 is 0 Å². The van der Waals surface area contributed by atoms with Crippen molar-refractivity contribution in [3.63, 3.8) is 0 Å². The van der Waals surface area contributed by atoms with Crippen LogP contribution in [0.1, 0.15) is 5.56 Å². The molecular formula is C20H24IN7O. The number of aryl methyl sites for hydroxylation is 1. The summed E-state index contributed by atoms with van der Waals surface area (Å²) in [5.74, 6) is 0.761. The van der Waals surface area contributed by atoms with Crippen molar-refractivity contribution in [1.82, 2.24) is 25.0 Å². The van der Waals surface area contributed by atoms with Crippen LogP contribution in [0.15, 0.2) is 53.9 Å². The molecule has 0 radical (unpaired) electrons. The molecule has 8 nitrogen and oxygen atoms in total. The van der Waals surface area contributed by atoms with E-state index in [0.717, 1.165) is 28.1 Å². The van der Waals surface area contributed by atoms with E-state index < -0.39 is 0 Å². The number of aromatic nitrogens is 3. The van der Waals surface area contributed by atoms with Crippen molar-refractivity contribution >= 4 is 52.4 Å². The third kappa shape index (κ3) is 4.50. The predicted octanol–water partition coefficient (Wildman–Crippen LogP) is 2.01. The van der Waals surface area contributed by atoms with Gasteiger partial charge in [0.1, 0.15) is 6.54 Å². The van der Waals surface area contributed by atoms with Gasteiger partial charge in [-0.2, -0.15) is 5.10 Å². The number of hydrogen-bond acceptors (Lipinski definition) is 4. The van der Waals surface area contributed by atoms with Crippen LogP contribution in [0.4, 0.5) is 5.69 Å². The molecule has 1 fully saturated rings. The molecule has 0 aliphatic carbocycles. The van der Waals surface area contributed by atoms with Gasteiger partial charge < -0.3 is 15.1 Å². The van der Waals surface area contributed by atoms with E-state index in [1.54, 1.807) is 22.8 Å². The predicted molar refractivity (Wildman–Crippen MR) is 124 cm³/mol. The second-order valence-corrected chi connectivity index (χ2v) is 6.73. The number of para-hydroxylation sites is 1. The molecule has 9 heteroatoms. The molecule has 0 bridgehead atoms. The van der Waals surface area contributed by atoms with Crippen LogP contribution in [0, 0.1) is 0 Å². The maximum atomic E-state index is 12.6. The average Bonchev–Trinajstić information content (AvgIpc) is 3.14. The van der Waals surface area contributed by atoms with Crippen LogP contribution in [0.2, 0.25) is 0 Å². The quantitative estimate of drug-likeness (QED) is 0.335. The second kappa shape index (κ2) is 9.21. The lowest BCUT2D eigenvalue weighted by atomic mass is 10.1. The van der Waals surface area contributed by atoms with Gasteiger partial charge in [-0.15, -0.1) is 24.0 Å². The molecule has 1 aromatic carbocycles. The first-order valence-corrected chi connectivity index (χ1v) is 9.23. The number of pyridine rings is 1. The molecule has 152 valence electrons. The summed E-state index contributed by atoms with van der Waals surface area (Å²) in [6.45, 7) is 2.21. The summed E-state index contributed by atoms with van der Waals surface area (Å²) < 4.78 is 1.70. The van der Waals surface area contributed by atoms with Gasteiger partial charge in [0.2, 0.25) is 5.91 Å². The molecule has 1 aliphatic heterocycles. The van der Waals surface area contributed by atoms with Crippen molar-refractivity contribution in [2.75, 3.05) is 31.6 Å². The highest BCUT2D eigenvalue weighted by Crippen LogP contribution is 2.17. The van der Waals surface area contributed by atoms with Crippen LogP contribution in [-0.2, 0) is 18.4 Å². The lowest BCUT2D eigenvalue weighted by molar-refractivity contribution is -0.120. The molecule has 3 aromatic rings. The number of benzene rings is 1. The fraction of sp³-hybridized carbons (Fsp3) is 0.300. The summed E-state index contributed by atoms with van der Waals surface area (Å²) in [7, 11) is 3.59. The number of nitrogens with zero attached hydrogens (tertiary/aromatic N) is 6. The highest BCUT2D eigenvalue weighted by atomic mass is 127. The molecule has 1 aliphatic rings. The Labute approximate surface area is 186 Å². The fourth-order valence-corrected chi connectivity index (χ4v) is 3.49. The maximum absolute atomic E-state index is 12.6. The number of nitrogens with one attached hydrogen (secondary N) is 1. The summed E-state index contributed by atoms with van der Waals surface area (Å²) in [5, 5.41) is 8.66. The van der Waals surface area contributed by atoms with Gasteiger partial charge in [-0.1, -0.05) is 18.2 Å². The zero-order valence-electron chi connectivity index (χ0n) is 16.4. The van der Waals surface area contributed by atoms with Crippen molar-refractivity contribution in [2.24, 2.45) is 12.0 Å². The zero-order valence-corrected chi connectivity index (χ0v) is 18.8. The molecule has 1 amide bonds. The number of anilines is 1. The van der Waals surface area contributed by atoms with Crippen molar-refractivity contribution in [2.45, 2.75) is 6.54 Å². The summed E-state index contributed by atoms with van der Waals surface area (Å²) in [6, 6.07) is 10.1. The molecule has 0 atom stereocenters. The lowest BCUT2D eigenvalue weighted by Crippen LogP contribution is -2.55. The van der Waals surface area contributed by atoms with Crippen molar-refractivity contribution in [3.05, 3.63) is 54.5 Å². The van der Waals surface area contributed by atoms with Gasteiger partial charge in [-0.25, -0.2) is 0 Å². The van der Waals surface area contributed by atoms with Crippen LogP contribution < -0.4 is 10.2 Å². The molecule has 4 rings (SSSR count). The van der Waals surface area contributed by atoms with Crippen molar-refractivity contribution < 1.29 is 4.79 Å². The summed E-state index contributed by atoms with van der Waals surface area (Å²) in [5.41, 5.74) is 2.95. The van der Waals surface area contributed by atoms with E-state index in [4.69, 9.17) is 0 Å². The molecule has 1 saturated heterocycles. The number of halogens is 1. The van der Waals surface area contributed by atoms with Gasteiger partial charge in [0, 0.05) is 51.5 Å². The van der Waals surface area contributed by atoms with E-state index in [2.05, 4.69) is 26.5 Å². The summed E-state index contributed by atoms with van der Waals surface area (Å²) in [6.07, 6.45) is 5.39. The number of carbonyl (C=O) groups excluding carboxylic acids is 1. The Hall–Kier alpha value is -2.69. The maximum Gasteiger partial charge on any atom is 0.246 e. The highest BCUT2D eigenvalue weighted by Gasteiger charge is 2.27. The van der Waals surface area contributed by atoms with Crippen LogP contribution in [0.3, 0.4) is 0 Å². The average molecular weight is 505 g/mol. The standard InChI is InChI=1S/C20H23N7O.HI/c1-21-20(23-11-15-7-8-22-18-6-4-3-5-17(15)18)26-9-10-27(19(28)14-26)16-12-24-25(2)13-16;/h3-8,12-13H,9-11,14H2,1-2H3,(H,21,23);1H. The number of amides is 1. The number of rotatable bonds is 3. The van der Waals surface area contributed by atoms with E-state index >= 15 is 0 Å². The van der Waals surface area contributed by atoms with Gasteiger partial charge in [-0.3, -0.25) is 19.5 Å². The van der Waals surface area contributed by atoms with Crippen molar-refractivity contribution in [3.8, 4) is 0 Å². The van der Waals surface area contributed by atoms with E-state index in [-0.39, 0.29) is 36.4 Å². The Kier molecular flexibility index (Phi) is 6.68. The fourth-order valence-electron chi connectivity index (χ4n) is 3.49. The van der Waals surface area contributed by atoms with Gasteiger partial charge in [-0.05, 0) is 17.7 Å². The number of carbonyl (C=O) groups is 1. The first kappa shape index (κ1) is 21.0. The van der Waals surface area contributed by atoms with Gasteiger partial charge in [0.05, 0.1) is 17.4 Å². The first-order chi connectivity index (χ1) is 13.7. The van der Waals surface area contributed by atoms with Crippen LogP contribution >= 0.6 is 24.0 Å². The van der Waals surface area contributed by atoms with E-state index in [1.165, 1.54) is 0 Å². The third-order valence-electron chi connectivity index (χ3n) is 4.91. The Balaban J connectivity index is 0.00000240. The van der Waals surface area contributed by atoms with E-state index in [0.29, 0.717) is 19.6 Å². The molecule has 0 saturated carbocycles. The SMILES string of the molecule is CN=C(NCc1ccnc2ccccc12)N1CCN(c2cnn(C)c2)C(=O)C1.I. The number of fused-ring (bicyclic) bond motifs is 1. The van der Waals surface area contributed by atoms with Crippen LogP contribution in [-0.4, -0.2) is 58.2 Å². The molecule has 0 spiro atoms. The summed E-state index contributed by atoms with van der Waals surface area (Å²) in [4.78, 5) is 25.2. The zero-order chi connectivity index (χ0) is 19.5. The third-order valence-corrected chi connectivity index (χ3v) is 4.91. The molecule has 2 aromatic heterocycles. The number of hydrogen-bond donors (Lipinski definition) is 1. The Morgan fingerprint density at radius 1 is 1.24 bits per heavy atom. The Morgan fingerprint density at radius 3 is 2.79 bits per heavy atom. The first-order valence-electron chi connectivity index (χ1n) is 9.23. The Bertz CT molecular complexity index is 1030. The molecule has 0 unspecified atom stereocenters. The number of aliphatic imine (C=N–C) groups is 1. The second-order valence-electron chi connectivity index (χ2n) is 6.73. The molecular weight excluding hydrogens is 481 g/mol. The van der Waals surface area contributed by atoms with Crippen LogP contribution in [0.5, 0.6) is 0 Å². The minimum Gasteiger partial charge on any atom is -0.352 e. The largest absolute Gasteiger partial charge is 0.352 e. The normalized spacial score (nSPS) is 14.8.